The van der Waals surface area contributed by atoms with E-state index in [2.05, 4.69) is 22.5 Å². The summed E-state index contributed by atoms with van der Waals surface area (Å²) in [7, 11) is 0. The first-order valence-electron chi connectivity index (χ1n) is 1.43. The van der Waals surface area contributed by atoms with Crippen LogP contribution in [0.4, 0.5) is 0 Å². The number of hydrogen-bond acceptors (Lipinski definition) is 6. The summed E-state index contributed by atoms with van der Waals surface area (Å²) in [5.41, 5.74) is 0. The van der Waals surface area contributed by atoms with Crippen LogP contribution in [0, 0.1) is 0 Å². The summed E-state index contributed by atoms with van der Waals surface area (Å²) in [5, 5.41) is 0. The Bertz CT molecular complexity index is 136. The fraction of sp³-hybridized carbons (Fsp3) is 0. The van der Waals surface area contributed by atoms with Gasteiger partial charge in [0.2, 0.25) is 0 Å². The van der Waals surface area contributed by atoms with Crippen LogP contribution in [-0.4, -0.2) is 83.2 Å². The van der Waals surface area contributed by atoms with Gasteiger partial charge in [-0.1, -0.05) is 22.5 Å². The van der Waals surface area contributed by atoms with Crippen LogP contribution in [0.5, 0.6) is 0 Å². The van der Waals surface area contributed by atoms with Crippen LogP contribution in [0.3, 0.4) is 0 Å². The third-order valence-corrected chi connectivity index (χ3v) is 0. The van der Waals surface area contributed by atoms with Gasteiger partial charge >= 0.3 is 83.2 Å². The maximum Gasteiger partial charge on any atom is 2.00 e. The van der Waals surface area contributed by atoms with Crippen LogP contribution in [-0.2, 0) is 9.13 Å². The van der Waals surface area contributed by atoms with Crippen molar-refractivity contribution in [3.63, 3.8) is 0 Å². The molecule has 0 saturated carbocycles. The molecule has 0 fully saturated rings. The van der Waals surface area contributed by atoms with Gasteiger partial charge in [-0.25, -0.2) is 0 Å². The van der Waals surface area contributed by atoms with Gasteiger partial charge in [-0.15, -0.1) is 0 Å². The predicted molar refractivity (Wildman–Crippen MR) is 38.4 cm³/mol. The van der Waals surface area contributed by atoms with Gasteiger partial charge in [-0.2, -0.15) is 0 Å². The van der Waals surface area contributed by atoms with E-state index in [0.717, 1.165) is 0 Å². The number of hydrogen-bond donors (Lipinski definition) is 0. The van der Waals surface area contributed by atoms with Gasteiger partial charge in [0.25, 0.3) is 0 Å². The molecule has 0 aliphatic rings. The van der Waals surface area contributed by atoms with Gasteiger partial charge in [-0.3, -0.25) is 0 Å². The average Bonchev–Trinajstić information content (AvgIpc) is 1.12. The molecule has 0 atom stereocenters. The molecule has 0 heterocycles. The molecular formula is CaCl2O6P2Sr. The van der Waals surface area contributed by atoms with E-state index in [4.69, 9.17) is 28.7 Å². The predicted octanol–water partition coefficient (Wildman–Crippen LogP) is -2.65. The zero-order chi connectivity index (χ0) is 9.00. The maximum absolute atomic E-state index is 8.87. The van der Waals surface area contributed by atoms with Gasteiger partial charge in [0, 0.05) is 13.9 Å². The van der Waals surface area contributed by atoms with Crippen molar-refractivity contribution < 1.29 is 28.7 Å². The molecule has 0 radical (unpaired) electrons. The van der Waals surface area contributed by atoms with Gasteiger partial charge in [0.1, 0.15) is 0 Å². The summed E-state index contributed by atoms with van der Waals surface area (Å²) in [5.74, 6) is 0. The molecule has 6 nitrogen and oxygen atoms in total. The Kier molecular flexibility index (Phi) is 22.9. The molecule has 0 aliphatic heterocycles. The van der Waals surface area contributed by atoms with Crippen LogP contribution in [0.25, 0.3) is 0 Å². The van der Waals surface area contributed by atoms with Crippen LogP contribution in [0.1, 0.15) is 0 Å². The van der Waals surface area contributed by atoms with Crippen molar-refractivity contribution in [3.05, 3.63) is 0 Å². The smallest absolute Gasteiger partial charge is 0.799 e. The fourth-order valence-electron chi connectivity index (χ4n) is 0. The molecule has 0 aromatic rings. The zero-order valence-electron chi connectivity index (χ0n) is 5.51. The van der Waals surface area contributed by atoms with Crippen molar-refractivity contribution in [3.8, 4) is 0 Å². The molecular weight excluding hydrogens is 357 g/mol. The second-order valence-corrected chi connectivity index (χ2v) is 5.07. The van der Waals surface area contributed by atoms with Crippen LogP contribution < -0.4 is 19.6 Å². The van der Waals surface area contributed by atoms with Crippen LogP contribution in [0.2, 0.25) is 0 Å². The third-order valence-electron chi connectivity index (χ3n) is 0. The van der Waals surface area contributed by atoms with E-state index in [0.29, 0.717) is 0 Å². The Morgan fingerprint density at radius 2 is 0.833 bits per heavy atom. The van der Waals surface area contributed by atoms with Crippen molar-refractivity contribution in [2.24, 2.45) is 0 Å². The van der Waals surface area contributed by atoms with Crippen molar-refractivity contribution in [1.82, 2.24) is 0 Å². The van der Waals surface area contributed by atoms with Crippen molar-refractivity contribution >= 4 is 120 Å². The van der Waals surface area contributed by atoms with Crippen molar-refractivity contribution in [2.45, 2.75) is 0 Å². The molecule has 0 bridgehead atoms. The first-order chi connectivity index (χ1) is 4.00. The third kappa shape index (κ3) is 166. The minimum absolute atomic E-state index is 0. The van der Waals surface area contributed by atoms with Gasteiger partial charge in [0.15, 0.2) is 0 Å². The van der Waals surface area contributed by atoms with Crippen LogP contribution >= 0.6 is 36.4 Å². The zero-order valence-corrected chi connectivity index (χ0v) is 14.5. The minimum atomic E-state index is -4.67. The molecule has 64 valence electrons. The first kappa shape index (κ1) is 24.7. The molecule has 0 saturated heterocycles. The fourth-order valence-corrected chi connectivity index (χ4v) is 0. The Hall–Kier alpha value is 3.62. The molecule has 0 unspecified atom stereocenters. The quantitative estimate of drug-likeness (QED) is 0.344. The molecule has 0 aromatic carbocycles. The second-order valence-electron chi connectivity index (χ2n) is 0.861. The Balaban J connectivity index is -0.0000000457. The maximum atomic E-state index is 8.87. The summed E-state index contributed by atoms with van der Waals surface area (Å²) in [6.45, 7) is -9.33. The minimum Gasteiger partial charge on any atom is -0.799 e. The molecule has 0 N–H and O–H groups in total. The van der Waals surface area contributed by atoms with Gasteiger partial charge in [0.05, 0.1) is 0 Å². The summed E-state index contributed by atoms with van der Waals surface area (Å²) >= 11 is 7.95. The van der Waals surface area contributed by atoms with Crippen molar-refractivity contribution in [1.29, 1.82) is 0 Å². The van der Waals surface area contributed by atoms with Crippen LogP contribution in [0.15, 0.2) is 0 Å². The normalized spacial score (nSPS) is 9.83. The molecule has 0 spiro atoms. The second kappa shape index (κ2) is 11.1. The van der Waals surface area contributed by atoms with Gasteiger partial charge < -0.3 is 28.7 Å². The first-order valence-corrected chi connectivity index (χ1v) is 6.33. The van der Waals surface area contributed by atoms with E-state index < -0.39 is 13.9 Å². The SMILES string of the molecule is O=P([O-])([O-])Cl.O=P([O-])([O-])Cl.[Ca+2].[Sr+2]. The molecule has 12 heteroatoms. The molecule has 0 aliphatic carbocycles. The van der Waals surface area contributed by atoms with E-state index >= 15 is 0 Å². The summed E-state index contributed by atoms with van der Waals surface area (Å²) < 4.78 is 17.7. The number of rotatable bonds is 0. The van der Waals surface area contributed by atoms with E-state index in [1.807, 2.05) is 0 Å². The largest absolute Gasteiger partial charge is 2.00 e. The average molecular weight is 357 g/mol. The van der Waals surface area contributed by atoms with E-state index in [-0.39, 0.29) is 83.2 Å². The summed E-state index contributed by atoms with van der Waals surface area (Å²) in [6, 6.07) is 0. The monoisotopic (exact) mass is 356 g/mol. The molecule has 0 aromatic heterocycles. The molecule has 0 rings (SSSR count). The Morgan fingerprint density at radius 3 is 0.833 bits per heavy atom. The van der Waals surface area contributed by atoms with E-state index in [1.54, 1.807) is 0 Å². The standard InChI is InChI=1S/Ca.2ClH2O3P.Sr/c;2*1-5(2,3)4;/h;2*(H2,2,3,4);/q+2;;;+2/p-4. The topological polar surface area (TPSA) is 126 Å². The summed E-state index contributed by atoms with van der Waals surface area (Å²) in [4.78, 5) is 35.5. The molecule has 12 heavy (non-hydrogen) atoms. The van der Waals surface area contributed by atoms with E-state index in [1.165, 1.54) is 0 Å². The number of halogens is 2. The summed E-state index contributed by atoms with van der Waals surface area (Å²) in [6.07, 6.45) is 0. The van der Waals surface area contributed by atoms with Gasteiger partial charge in [-0.05, 0) is 0 Å². The van der Waals surface area contributed by atoms with E-state index in [9.17, 15) is 0 Å². The Labute approximate surface area is 145 Å². The van der Waals surface area contributed by atoms with Crippen molar-refractivity contribution in [2.75, 3.05) is 0 Å². The molecule has 0 amide bonds. The Morgan fingerprint density at radius 1 is 0.833 bits per heavy atom.